The first-order valence-corrected chi connectivity index (χ1v) is 15.9. The summed E-state index contributed by atoms with van der Waals surface area (Å²) in [4.78, 5) is 8.89. The zero-order valence-corrected chi connectivity index (χ0v) is 26.3. The van der Waals surface area contributed by atoms with E-state index in [1.54, 1.807) is 30.3 Å². The first-order valence-electron chi connectivity index (χ1n) is 15.5. The third-order valence-electron chi connectivity index (χ3n) is 10.0. The van der Waals surface area contributed by atoms with Crippen LogP contribution in [0.1, 0.15) is 41.0 Å². The van der Waals surface area contributed by atoms with E-state index in [0.717, 1.165) is 11.5 Å². The second-order valence-electron chi connectivity index (χ2n) is 12.6. The molecule has 48 heavy (non-hydrogen) atoms. The Labute approximate surface area is 279 Å². The fourth-order valence-corrected chi connectivity index (χ4v) is 8.37. The Morgan fingerprint density at radius 3 is 2.48 bits per heavy atom. The maximum absolute atomic E-state index is 15.5. The van der Waals surface area contributed by atoms with Crippen LogP contribution >= 0.6 is 11.6 Å². The minimum atomic E-state index is -3.19. The van der Waals surface area contributed by atoms with Gasteiger partial charge in [-0.3, -0.25) is 0 Å². The van der Waals surface area contributed by atoms with Crippen LogP contribution in [0.4, 0.5) is 8.78 Å². The van der Waals surface area contributed by atoms with Gasteiger partial charge in [0.1, 0.15) is 10.9 Å². The Morgan fingerprint density at radius 2 is 1.75 bits per heavy atom. The number of halogens is 3. The summed E-state index contributed by atoms with van der Waals surface area (Å²) in [7, 11) is 1.38. The molecule has 3 heterocycles. The van der Waals surface area contributed by atoms with Gasteiger partial charge in [0.05, 0.1) is 41.3 Å². The summed E-state index contributed by atoms with van der Waals surface area (Å²) in [6, 6.07) is 28.6. The second-order valence-corrected chi connectivity index (χ2v) is 13.0. The smallest absolute Gasteiger partial charge is 0.272 e. The Morgan fingerprint density at radius 1 is 1.02 bits per heavy atom. The minimum absolute atomic E-state index is 0.0143. The molecule has 0 bridgehead atoms. The maximum atomic E-state index is 15.5. The van der Waals surface area contributed by atoms with Crippen molar-refractivity contribution in [2.75, 3.05) is 7.11 Å². The highest BCUT2D eigenvalue weighted by Gasteiger charge is 2.77. The lowest BCUT2D eigenvalue weighted by Gasteiger charge is -2.41. The average Bonchev–Trinajstić information content (AvgIpc) is 3.45. The molecule has 0 saturated heterocycles. The normalized spacial score (nSPS) is 26.5. The number of pyridine rings is 2. The highest BCUT2D eigenvalue weighted by Crippen LogP contribution is 2.70. The molecule has 5 aromatic rings. The molecule has 3 aromatic carbocycles. The molecule has 1 saturated carbocycles. The molecule has 2 aromatic heterocycles. The van der Waals surface area contributed by atoms with Crippen LogP contribution in [0.5, 0.6) is 11.6 Å². The zero-order valence-electron chi connectivity index (χ0n) is 25.6. The van der Waals surface area contributed by atoms with Gasteiger partial charge in [0, 0.05) is 41.0 Å². The largest absolute Gasteiger partial charge is 0.481 e. The van der Waals surface area contributed by atoms with Crippen LogP contribution in [-0.2, 0) is 11.2 Å². The molecular formula is C38H28ClF2N3O4. The number of benzene rings is 3. The average molecular weight is 664 g/mol. The molecule has 2 aliphatic carbocycles. The number of methoxy groups -OCH3 is 1. The Hall–Kier alpha value is -4.88. The van der Waals surface area contributed by atoms with E-state index >= 15 is 8.78 Å². The maximum Gasteiger partial charge on any atom is 0.272 e. The van der Waals surface area contributed by atoms with Crippen molar-refractivity contribution in [2.24, 2.45) is 5.92 Å². The van der Waals surface area contributed by atoms with Gasteiger partial charge in [-0.05, 0) is 41.8 Å². The summed E-state index contributed by atoms with van der Waals surface area (Å²) in [6.07, 6.45) is -1.26. The molecule has 3 aliphatic rings. The molecule has 240 valence electrons. The van der Waals surface area contributed by atoms with Crippen molar-refractivity contribution in [3.05, 3.63) is 129 Å². The predicted octanol–water partition coefficient (Wildman–Crippen LogP) is 5.47. The van der Waals surface area contributed by atoms with E-state index in [2.05, 4.69) is 16.0 Å². The van der Waals surface area contributed by atoms with Crippen LogP contribution in [0, 0.1) is 17.2 Å². The number of alkyl halides is 2. The molecule has 0 unspecified atom stereocenters. The number of fused-ring (bicyclic) bond motifs is 5. The molecule has 2 N–H and O–H groups in total. The number of ether oxygens (including phenoxy) is 2. The van der Waals surface area contributed by atoms with Crippen LogP contribution in [0.25, 0.3) is 22.6 Å². The number of nitriles is 1. The molecule has 1 fully saturated rings. The third-order valence-corrected chi connectivity index (χ3v) is 10.2. The van der Waals surface area contributed by atoms with Crippen molar-refractivity contribution < 1.29 is 28.5 Å². The standard InChI is InChI=1S/C38H28ClF2N3O4/c1-47-35-33-30(17-31(39)44-35)48-38(25-13-11-21(20-42)12-14-25)32(22-7-3-2-4-8-22)27(34(45)37(33,38)46)16-24-18-36(40,41)19-29-26(24)15-23-9-5-6-10-28(23)43-29/h2-15,17,19,27,32,34,45-46H,16,18H2,1H3/t27-,32-,34+,37-,38-/m0/s1. The lowest BCUT2D eigenvalue weighted by atomic mass is 9.70. The van der Waals surface area contributed by atoms with Crippen LogP contribution in [0.3, 0.4) is 0 Å². The Kier molecular flexibility index (Phi) is 6.87. The third kappa shape index (κ3) is 4.30. The van der Waals surface area contributed by atoms with E-state index in [4.69, 9.17) is 21.1 Å². The van der Waals surface area contributed by atoms with Gasteiger partial charge in [-0.1, -0.05) is 77.8 Å². The molecule has 0 amide bonds. The fourth-order valence-electron chi connectivity index (χ4n) is 8.19. The molecule has 0 radical (unpaired) electrons. The number of aliphatic hydroxyl groups is 2. The minimum Gasteiger partial charge on any atom is -0.481 e. The van der Waals surface area contributed by atoms with Gasteiger partial charge in [-0.25, -0.2) is 18.7 Å². The summed E-state index contributed by atoms with van der Waals surface area (Å²) in [5, 5.41) is 36.9. The number of aliphatic hydroxyl groups excluding tert-OH is 1. The highest BCUT2D eigenvalue weighted by molar-refractivity contribution is 6.29. The van der Waals surface area contributed by atoms with Gasteiger partial charge < -0.3 is 19.7 Å². The van der Waals surface area contributed by atoms with Crippen LogP contribution in [-0.4, -0.2) is 39.3 Å². The van der Waals surface area contributed by atoms with Gasteiger partial charge in [0.15, 0.2) is 11.2 Å². The van der Waals surface area contributed by atoms with E-state index < -0.39 is 41.5 Å². The SMILES string of the molecule is COc1nc(Cl)cc2c1[C@]1(O)[C@H](O)[C@@H](CC3=c4cc5ccccc5nc4=CC(F)(F)C3)[C@H](c3ccccc3)[C@]1(c1ccc(C#N)cc1)O2. The molecule has 1 aliphatic heterocycles. The van der Waals surface area contributed by atoms with Crippen LogP contribution in [0.2, 0.25) is 5.15 Å². The molecule has 10 heteroatoms. The number of hydrogen-bond donors (Lipinski definition) is 2. The van der Waals surface area contributed by atoms with Gasteiger partial charge in [-0.15, -0.1) is 0 Å². The lowest BCUT2D eigenvalue weighted by molar-refractivity contribution is -0.152. The van der Waals surface area contributed by atoms with E-state index in [0.29, 0.717) is 33.0 Å². The molecule has 0 spiro atoms. The zero-order chi connectivity index (χ0) is 33.4. The van der Waals surface area contributed by atoms with Crippen LogP contribution in [0.15, 0.2) is 91.0 Å². The van der Waals surface area contributed by atoms with E-state index in [-0.39, 0.29) is 34.1 Å². The molecular weight excluding hydrogens is 636 g/mol. The van der Waals surface area contributed by atoms with Crippen molar-refractivity contribution in [3.8, 4) is 17.7 Å². The van der Waals surface area contributed by atoms with E-state index in [9.17, 15) is 15.5 Å². The number of hydrogen-bond acceptors (Lipinski definition) is 7. The monoisotopic (exact) mass is 663 g/mol. The van der Waals surface area contributed by atoms with Crippen molar-refractivity contribution in [3.63, 3.8) is 0 Å². The van der Waals surface area contributed by atoms with Crippen LogP contribution < -0.4 is 20.0 Å². The lowest BCUT2D eigenvalue weighted by Crippen LogP contribution is -2.52. The topological polar surface area (TPSA) is 108 Å². The predicted molar refractivity (Wildman–Crippen MR) is 175 cm³/mol. The summed E-state index contributed by atoms with van der Waals surface area (Å²) in [6.45, 7) is 0. The van der Waals surface area contributed by atoms with Crippen molar-refractivity contribution in [1.29, 1.82) is 5.26 Å². The van der Waals surface area contributed by atoms with E-state index in [1.165, 1.54) is 13.2 Å². The summed E-state index contributed by atoms with van der Waals surface area (Å²) >= 11 is 6.37. The molecule has 8 rings (SSSR count). The summed E-state index contributed by atoms with van der Waals surface area (Å²) < 4.78 is 43.4. The number of nitrogens with zero attached hydrogens (tertiary/aromatic N) is 3. The van der Waals surface area contributed by atoms with Gasteiger partial charge in [-0.2, -0.15) is 5.26 Å². The number of para-hydroxylation sites is 1. The molecule has 5 atom stereocenters. The Balaban J connectivity index is 1.41. The van der Waals surface area contributed by atoms with Gasteiger partial charge >= 0.3 is 0 Å². The Bertz CT molecular complexity index is 2280. The van der Waals surface area contributed by atoms with Gasteiger partial charge in [0.25, 0.3) is 5.92 Å². The first kappa shape index (κ1) is 30.5. The van der Waals surface area contributed by atoms with Crippen molar-refractivity contribution >= 4 is 34.2 Å². The quantitative estimate of drug-likeness (QED) is 0.240. The van der Waals surface area contributed by atoms with E-state index in [1.807, 2.05) is 54.6 Å². The fraction of sp³-hybridized carbons (Fsp3) is 0.237. The summed E-state index contributed by atoms with van der Waals surface area (Å²) in [5.74, 6) is -4.70. The first-order chi connectivity index (χ1) is 23.1. The van der Waals surface area contributed by atoms with Crippen molar-refractivity contribution in [1.82, 2.24) is 9.97 Å². The second kappa shape index (κ2) is 10.8. The number of aromatic nitrogens is 2. The highest BCUT2D eigenvalue weighted by atomic mass is 35.5. The molecule has 7 nitrogen and oxygen atoms in total. The van der Waals surface area contributed by atoms with Crippen molar-refractivity contribution in [2.45, 2.75) is 42.0 Å². The summed E-state index contributed by atoms with van der Waals surface area (Å²) in [5.41, 5.74) is -1.25. The van der Waals surface area contributed by atoms with Gasteiger partial charge in [0.2, 0.25) is 5.88 Å². The number of rotatable bonds is 5.